The monoisotopic (exact) mass is 378 g/mol. The summed E-state index contributed by atoms with van der Waals surface area (Å²) in [6.45, 7) is 0.601. The molecular formula is C26H22N2O. The second kappa shape index (κ2) is 8.44. The predicted octanol–water partition coefficient (Wildman–Crippen LogP) is 5.44. The molecule has 0 saturated carbocycles. The lowest BCUT2D eigenvalue weighted by Crippen LogP contribution is -2.15. The van der Waals surface area contributed by atoms with Crippen molar-refractivity contribution in [3.05, 3.63) is 120 Å². The summed E-state index contributed by atoms with van der Waals surface area (Å²) in [7, 11) is 0. The molecule has 0 atom stereocenters. The fourth-order valence-electron chi connectivity index (χ4n) is 3.41. The van der Waals surface area contributed by atoms with Crippen molar-refractivity contribution < 1.29 is 4.79 Å². The Labute approximate surface area is 170 Å². The number of fused-ring (bicyclic) bond motifs is 1. The minimum atomic E-state index is -0.0550. The van der Waals surface area contributed by atoms with E-state index in [-0.39, 0.29) is 5.78 Å². The van der Waals surface area contributed by atoms with Gasteiger partial charge in [0.1, 0.15) is 0 Å². The van der Waals surface area contributed by atoms with E-state index in [1.807, 2.05) is 97.1 Å². The molecule has 0 fully saturated rings. The van der Waals surface area contributed by atoms with E-state index in [9.17, 15) is 4.79 Å². The number of nitrogens with one attached hydrogen (secondary N) is 1. The molecule has 0 heterocycles. The van der Waals surface area contributed by atoms with Gasteiger partial charge in [0.15, 0.2) is 5.78 Å². The molecule has 0 radical (unpaired) electrons. The topological polar surface area (TPSA) is 55.1 Å². The van der Waals surface area contributed by atoms with Gasteiger partial charge in [-0.1, -0.05) is 91.0 Å². The van der Waals surface area contributed by atoms with E-state index in [1.54, 1.807) is 6.08 Å². The summed E-state index contributed by atoms with van der Waals surface area (Å²) in [5.74, 6) is -0.0550. The molecule has 4 aromatic carbocycles. The van der Waals surface area contributed by atoms with Crippen LogP contribution in [-0.2, 0) is 6.54 Å². The lowest BCUT2D eigenvalue weighted by Gasteiger charge is -2.14. The zero-order valence-electron chi connectivity index (χ0n) is 16.0. The van der Waals surface area contributed by atoms with Gasteiger partial charge in [-0.15, -0.1) is 0 Å². The number of anilines is 1. The summed E-state index contributed by atoms with van der Waals surface area (Å²) >= 11 is 0. The Morgan fingerprint density at radius 1 is 0.759 bits per heavy atom. The summed E-state index contributed by atoms with van der Waals surface area (Å²) in [6.07, 6.45) is 1.65. The summed E-state index contributed by atoms with van der Waals surface area (Å²) in [5.41, 5.74) is 10.2. The van der Waals surface area contributed by atoms with Crippen LogP contribution in [0.1, 0.15) is 21.5 Å². The van der Waals surface area contributed by atoms with E-state index in [1.165, 1.54) is 0 Å². The predicted molar refractivity (Wildman–Crippen MR) is 120 cm³/mol. The maximum atomic E-state index is 13.2. The number of hydrogen-bond acceptors (Lipinski definition) is 3. The molecule has 0 amide bonds. The number of allylic oxidation sites excluding steroid dienone is 1. The number of nitrogens with two attached hydrogens (primary N) is 1. The van der Waals surface area contributed by atoms with Gasteiger partial charge in [-0.3, -0.25) is 4.79 Å². The minimum absolute atomic E-state index is 0.0550. The van der Waals surface area contributed by atoms with Crippen LogP contribution < -0.4 is 11.1 Å². The van der Waals surface area contributed by atoms with Crippen LogP contribution in [0.4, 0.5) is 5.69 Å². The number of hydrogen-bond donors (Lipinski definition) is 2. The molecule has 0 aliphatic rings. The zero-order valence-corrected chi connectivity index (χ0v) is 16.0. The molecular weight excluding hydrogens is 356 g/mol. The number of para-hydroxylation sites is 1. The van der Waals surface area contributed by atoms with E-state index >= 15 is 0 Å². The molecule has 0 aromatic heterocycles. The van der Waals surface area contributed by atoms with E-state index in [0.717, 1.165) is 21.9 Å². The van der Waals surface area contributed by atoms with Crippen molar-refractivity contribution in [1.82, 2.24) is 5.32 Å². The SMILES string of the molecule is Nc1ccccc1/C(=C/C(=O)c1cccc2ccccc12)NCc1ccccc1. The number of carbonyl (C=O) groups excluding carboxylic acids is 1. The second-order valence-electron chi connectivity index (χ2n) is 6.88. The summed E-state index contributed by atoms with van der Waals surface area (Å²) in [4.78, 5) is 13.2. The molecule has 0 bridgehead atoms. The van der Waals surface area contributed by atoms with Crippen LogP contribution >= 0.6 is 0 Å². The highest BCUT2D eigenvalue weighted by Crippen LogP contribution is 2.23. The average Bonchev–Trinajstić information content (AvgIpc) is 2.77. The zero-order chi connectivity index (χ0) is 20.1. The van der Waals surface area contributed by atoms with Crippen LogP contribution in [0.5, 0.6) is 0 Å². The first kappa shape index (κ1) is 18.5. The molecule has 29 heavy (non-hydrogen) atoms. The largest absolute Gasteiger partial charge is 0.398 e. The Balaban J connectivity index is 1.72. The Hall–Kier alpha value is -3.85. The van der Waals surface area contributed by atoms with Crippen LogP contribution in [0.15, 0.2) is 103 Å². The van der Waals surface area contributed by atoms with Gasteiger partial charge in [-0.25, -0.2) is 0 Å². The molecule has 0 unspecified atom stereocenters. The van der Waals surface area contributed by atoms with Crippen LogP contribution in [-0.4, -0.2) is 5.78 Å². The first-order valence-corrected chi connectivity index (χ1v) is 9.59. The highest BCUT2D eigenvalue weighted by Gasteiger charge is 2.12. The summed E-state index contributed by atoms with van der Waals surface area (Å²) in [6, 6.07) is 31.4. The van der Waals surface area contributed by atoms with E-state index in [2.05, 4.69) is 5.32 Å². The normalized spacial score (nSPS) is 11.4. The Morgan fingerprint density at radius 2 is 1.41 bits per heavy atom. The molecule has 0 spiro atoms. The number of nitrogen functional groups attached to an aromatic ring is 1. The van der Waals surface area contributed by atoms with Gasteiger partial charge in [0, 0.05) is 35.1 Å². The lowest BCUT2D eigenvalue weighted by atomic mass is 9.99. The first-order valence-electron chi connectivity index (χ1n) is 9.59. The second-order valence-corrected chi connectivity index (χ2v) is 6.88. The standard InChI is InChI=1S/C26H22N2O/c27-24-16-7-6-14-23(24)25(28-18-19-9-2-1-3-10-19)17-26(29)22-15-8-12-20-11-4-5-13-21(20)22/h1-17,28H,18,27H2/b25-17-. The van der Waals surface area contributed by atoms with Crippen molar-refractivity contribution in [2.45, 2.75) is 6.54 Å². The van der Waals surface area contributed by atoms with Crippen molar-refractivity contribution in [3.63, 3.8) is 0 Å². The summed E-state index contributed by atoms with van der Waals surface area (Å²) < 4.78 is 0. The van der Waals surface area contributed by atoms with Crippen LogP contribution in [0, 0.1) is 0 Å². The third-order valence-corrected chi connectivity index (χ3v) is 4.91. The fraction of sp³-hybridized carbons (Fsp3) is 0.0385. The van der Waals surface area contributed by atoms with Crippen molar-refractivity contribution in [3.8, 4) is 0 Å². The fourth-order valence-corrected chi connectivity index (χ4v) is 3.41. The summed E-state index contributed by atoms with van der Waals surface area (Å²) in [5, 5.41) is 5.39. The van der Waals surface area contributed by atoms with Gasteiger partial charge in [-0.05, 0) is 22.4 Å². The highest BCUT2D eigenvalue weighted by molar-refractivity contribution is 6.15. The van der Waals surface area contributed by atoms with Gasteiger partial charge in [0.05, 0.1) is 0 Å². The molecule has 3 nitrogen and oxygen atoms in total. The Morgan fingerprint density at radius 3 is 2.24 bits per heavy atom. The molecule has 142 valence electrons. The average molecular weight is 378 g/mol. The molecule has 4 rings (SSSR count). The van der Waals surface area contributed by atoms with Crippen molar-refractivity contribution in [1.29, 1.82) is 0 Å². The third kappa shape index (κ3) is 4.19. The Bertz CT molecular complexity index is 1170. The third-order valence-electron chi connectivity index (χ3n) is 4.91. The van der Waals surface area contributed by atoms with Gasteiger partial charge in [-0.2, -0.15) is 0 Å². The highest BCUT2D eigenvalue weighted by atomic mass is 16.1. The van der Waals surface area contributed by atoms with Crippen molar-refractivity contribution >= 4 is 27.9 Å². The van der Waals surface area contributed by atoms with Gasteiger partial charge < -0.3 is 11.1 Å². The number of rotatable bonds is 6. The van der Waals surface area contributed by atoms with Crippen LogP contribution in [0.25, 0.3) is 16.5 Å². The van der Waals surface area contributed by atoms with E-state index < -0.39 is 0 Å². The molecule has 0 aliphatic carbocycles. The van der Waals surface area contributed by atoms with Crippen LogP contribution in [0.3, 0.4) is 0 Å². The van der Waals surface area contributed by atoms with Crippen molar-refractivity contribution in [2.75, 3.05) is 5.73 Å². The van der Waals surface area contributed by atoms with Gasteiger partial charge >= 0.3 is 0 Å². The molecule has 3 N–H and O–H groups in total. The molecule has 0 aliphatic heterocycles. The number of ketones is 1. The number of benzene rings is 4. The molecule has 3 heteroatoms. The van der Waals surface area contributed by atoms with E-state index in [4.69, 9.17) is 5.73 Å². The van der Waals surface area contributed by atoms with Crippen LogP contribution in [0.2, 0.25) is 0 Å². The Kier molecular flexibility index (Phi) is 5.39. The number of carbonyl (C=O) groups is 1. The lowest BCUT2D eigenvalue weighted by molar-refractivity contribution is 0.104. The quantitative estimate of drug-likeness (QED) is 0.267. The minimum Gasteiger partial charge on any atom is -0.398 e. The van der Waals surface area contributed by atoms with E-state index in [0.29, 0.717) is 23.5 Å². The van der Waals surface area contributed by atoms with Gasteiger partial charge in [0.2, 0.25) is 0 Å². The maximum Gasteiger partial charge on any atom is 0.188 e. The molecule has 0 saturated heterocycles. The molecule has 4 aromatic rings. The smallest absolute Gasteiger partial charge is 0.188 e. The first-order chi connectivity index (χ1) is 14.2. The van der Waals surface area contributed by atoms with Gasteiger partial charge in [0.25, 0.3) is 0 Å². The maximum absolute atomic E-state index is 13.2. The van der Waals surface area contributed by atoms with Crippen molar-refractivity contribution in [2.24, 2.45) is 0 Å².